The van der Waals surface area contributed by atoms with Gasteiger partial charge >= 0.3 is 0 Å². The third kappa shape index (κ3) is 3.58. The molecule has 2 rings (SSSR count). The number of rotatable bonds is 5. The predicted molar refractivity (Wildman–Crippen MR) is 71.1 cm³/mol. The van der Waals surface area contributed by atoms with Crippen molar-refractivity contribution in [1.29, 1.82) is 0 Å². The first-order valence-electron chi connectivity index (χ1n) is 6.02. The monoisotopic (exact) mass is 264 g/mol. The third-order valence-electron chi connectivity index (χ3n) is 2.43. The molecule has 2 aromatic rings. The number of hydrogen-bond donors (Lipinski definition) is 1. The van der Waals surface area contributed by atoms with E-state index in [2.05, 4.69) is 41.9 Å². The molecule has 1 aromatic heterocycles. The molecule has 1 unspecified atom stereocenters. The van der Waals surface area contributed by atoms with E-state index in [0.717, 1.165) is 6.42 Å². The maximum atomic E-state index is 5.61. The van der Waals surface area contributed by atoms with Crippen molar-refractivity contribution >= 4 is 11.8 Å². The summed E-state index contributed by atoms with van der Waals surface area (Å²) in [6, 6.07) is 10.2. The van der Waals surface area contributed by atoms with E-state index < -0.39 is 0 Å². The van der Waals surface area contributed by atoms with Gasteiger partial charge in [0.2, 0.25) is 0 Å². The zero-order chi connectivity index (χ0) is 13.0. The van der Waals surface area contributed by atoms with Crippen LogP contribution in [0.15, 0.2) is 40.0 Å². The van der Waals surface area contributed by atoms with Crippen molar-refractivity contribution < 1.29 is 10.2 Å². The maximum absolute atomic E-state index is 5.61. The molecule has 0 aliphatic carbocycles. The topological polar surface area (TPSA) is 66.6 Å². The van der Waals surface area contributed by atoms with Crippen LogP contribution in [0.3, 0.4) is 0 Å². The van der Waals surface area contributed by atoms with E-state index in [1.54, 1.807) is 11.8 Å². The van der Waals surface area contributed by atoms with Crippen LogP contribution in [0.25, 0.3) is 0 Å². The Morgan fingerprint density at radius 3 is 2.61 bits per heavy atom. The number of hydrogen-bond acceptors (Lipinski definition) is 4. The Labute approximate surface area is 111 Å². The van der Waals surface area contributed by atoms with Crippen molar-refractivity contribution in [3.05, 3.63) is 41.8 Å². The normalized spacial score (nSPS) is 12.9. The van der Waals surface area contributed by atoms with Crippen LogP contribution in [0.5, 0.6) is 0 Å². The van der Waals surface area contributed by atoms with Gasteiger partial charge in [-0.05, 0) is 5.56 Å². The van der Waals surface area contributed by atoms with Crippen LogP contribution in [0.2, 0.25) is 0 Å². The van der Waals surface area contributed by atoms with Crippen molar-refractivity contribution in [2.75, 3.05) is 0 Å². The fraction of sp³-hybridized carbons (Fsp3) is 0.385. The first kappa shape index (κ1) is 13.1. The fourth-order valence-corrected chi connectivity index (χ4v) is 2.25. The van der Waals surface area contributed by atoms with Crippen molar-refractivity contribution in [1.82, 2.24) is 10.2 Å². The molecule has 0 radical (unpaired) electrons. The van der Waals surface area contributed by atoms with Gasteiger partial charge in [-0.2, -0.15) is 0 Å². The third-order valence-corrected chi connectivity index (χ3v) is 3.27. The quantitative estimate of drug-likeness (QED) is 0.840. The number of benzene rings is 1. The second kappa shape index (κ2) is 6.02. The molecule has 1 atom stereocenters. The SMILES string of the molecule is CC(C)Sc1nnc(C([NH3+])Cc2ccccc2)o1. The van der Waals surface area contributed by atoms with Crippen LogP contribution >= 0.6 is 11.8 Å². The molecule has 0 bridgehead atoms. The first-order valence-corrected chi connectivity index (χ1v) is 6.90. The summed E-state index contributed by atoms with van der Waals surface area (Å²) in [5, 5.41) is 9.16. The highest BCUT2D eigenvalue weighted by Gasteiger charge is 2.18. The van der Waals surface area contributed by atoms with Gasteiger partial charge in [-0.25, -0.2) is 0 Å². The number of quaternary nitrogens is 1. The minimum absolute atomic E-state index is 0.00131. The van der Waals surface area contributed by atoms with Gasteiger partial charge in [-0.15, -0.1) is 10.2 Å². The molecule has 0 amide bonds. The molecule has 4 nitrogen and oxygen atoms in total. The molecule has 5 heteroatoms. The highest BCUT2D eigenvalue weighted by Crippen LogP contribution is 2.23. The molecule has 0 aliphatic heterocycles. The zero-order valence-corrected chi connectivity index (χ0v) is 11.5. The average molecular weight is 264 g/mol. The summed E-state index contributed by atoms with van der Waals surface area (Å²) in [5.74, 6) is 0.613. The molecule has 0 aliphatic rings. The molecule has 1 aromatic carbocycles. The summed E-state index contributed by atoms with van der Waals surface area (Å²) in [4.78, 5) is 0. The van der Waals surface area contributed by atoms with E-state index in [0.29, 0.717) is 16.4 Å². The highest BCUT2D eigenvalue weighted by molar-refractivity contribution is 7.99. The van der Waals surface area contributed by atoms with Crippen LogP contribution in [-0.4, -0.2) is 15.4 Å². The lowest BCUT2D eigenvalue weighted by Gasteiger charge is -2.03. The lowest BCUT2D eigenvalue weighted by atomic mass is 10.1. The van der Waals surface area contributed by atoms with Gasteiger partial charge in [0.15, 0.2) is 6.04 Å². The van der Waals surface area contributed by atoms with Crippen molar-refractivity contribution in [2.45, 2.75) is 36.8 Å². The zero-order valence-electron chi connectivity index (χ0n) is 10.7. The second-order valence-corrected chi connectivity index (χ2v) is 5.99. The standard InChI is InChI=1S/C13H17N3OS/c1-9(2)18-13-16-15-12(17-13)11(14)8-10-6-4-3-5-7-10/h3-7,9,11H,8,14H2,1-2H3/p+1. The summed E-state index contributed by atoms with van der Waals surface area (Å²) in [6.45, 7) is 4.19. The van der Waals surface area contributed by atoms with Gasteiger partial charge in [0.25, 0.3) is 11.1 Å². The van der Waals surface area contributed by atoms with E-state index >= 15 is 0 Å². The smallest absolute Gasteiger partial charge is 0.277 e. The number of nitrogens with zero attached hydrogens (tertiary/aromatic N) is 2. The summed E-state index contributed by atoms with van der Waals surface area (Å²) in [5.41, 5.74) is 5.32. The average Bonchev–Trinajstić information content (AvgIpc) is 2.78. The number of aromatic nitrogens is 2. The van der Waals surface area contributed by atoms with Gasteiger partial charge in [-0.3, -0.25) is 0 Å². The molecule has 1 heterocycles. The summed E-state index contributed by atoms with van der Waals surface area (Å²) >= 11 is 1.57. The Morgan fingerprint density at radius 2 is 1.94 bits per heavy atom. The molecule has 3 N–H and O–H groups in total. The Bertz CT molecular complexity index is 484. The maximum Gasteiger partial charge on any atom is 0.277 e. The molecular weight excluding hydrogens is 246 g/mol. The lowest BCUT2D eigenvalue weighted by Crippen LogP contribution is -2.54. The van der Waals surface area contributed by atoms with Crippen LogP contribution in [0, 0.1) is 0 Å². The summed E-state index contributed by atoms with van der Waals surface area (Å²) in [7, 11) is 0. The van der Waals surface area contributed by atoms with Crippen molar-refractivity contribution in [3.8, 4) is 0 Å². The van der Waals surface area contributed by atoms with Gasteiger partial charge < -0.3 is 10.2 Å². The van der Waals surface area contributed by atoms with E-state index in [1.165, 1.54) is 5.56 Å². The summed E-state index contributed by atoms with van der Waals surface area (Å²) < 4.78 is 5.61. The first-order chi connectivity index (χ1) is 8.65. The largest absolute Gasteiger partial charge is 0.410 e. The minimum Gasteiger partial charge on any atom is -0.410 e. The number of thioether (sulfide) groups is 1. The molecule has 0 fully saturated rings. The molecular formula is C13H18N3OS+. The highest BCUT2D eigenvalue weighted by atomic mass is 32.2. The van der Waals surface area contributed by atoms with E-state index in [4.69, 9.17) is 4.42 Å². The van der Waals surface area contributed by atoms with Gasteiger partial charge in [0.05, 0.1) is 0 Å². The fourth-order valence-electron chi connectivity index (χ4n) is 1.62. The summed E-state index contributed by atoms with van der Waals surface area (Å²) in [6.07, 6.45) is 0.814. The Morgan fingerprint density at radius 1 is 1.22 bits per heavy atom. The molecule has 18 heavy (non-hydrogen) atoms. The van der Waals surface area contributed by atoms with E-state index in [1.807, 2.05) is 18.2 Å². The second-order valence-electron chi connectivity index (χ2n) is 4.46. The van der Waals surface area contributed by atoms with Crippen LogP contribution in [0.1, 0.15) is 31.3 Å². The van der Waals surface area contributed by atoms with E-state index in [-0.39, 0.29) is 6.04 Å². The molecule has 96 valence electrons. The predicted octanol–water partition coefficient (Wildman–Crippen LogP) is 2.10. The van der Waals surface area contributed by atoms with E-state index in [9.17, 15) is 0 Å². The Kier molecular flexibility index (Phi) is 4.38. The van der Waals surface area contributed by atoms with Crippen LogP contribution in [0.4, 0.5) is 0 Å². The van der Waals surface area contributed by atoms with Gasteiger partial charge in [0.1, 0.15) is 0 Å². The molecule has 0 saturated heterocycles. The molecule has 0 spiro atoms. The Hall–Kier alpha value is -1.33. The van der Waals surface area contributed by atoms with Crippen LogP contribution in [-0.2, 0) is 6.42 Å². The van der Waals surface area contributed by atoms with Crippen LogP contribution < -0.4 is 5.73 Å². The lowest BCUT2D eigenvalue weighted by molar-refractivity contribution is -0.431. The Balaban J connectivity index is 2.00. The van der Waals surface area contributed by atoms with Crippen molar-refractivity contribution in [2.24, 2.45) is 0 Å². The van der Waals surface area contributed by atoms with Gasteiger partial charge in [-0.1, -0.05) is 55.9 Å². The minimum atomic E-state index is 0.00131. The van der Waals surface area contributed by atoms with Crippen molar-refractivity contribution in [3.63, 3.8) is 0 Å². The molecule has 0 saturated carbocycles. The van der Waals surface area contributed by atoms with Gasteiger partial charge in [0, 0.05) is 11.7 Å².